The number of halogens is 2. The molecule has 5 heteroatoms. The molecule has 0 aliphatic carbocycles. The third-order valence-electron chi connectivity index (χ3n) is 2.18. The molecule has 0 heterocycles. The highest BCUT2D eigenvalue weighted by molar-refractivity contribution is 6.33. The Morgan fingerprint density at radius 2 is 2.25 bits per heavy atom. The van der Waals surface area contributed by atoms with Crippen LogP contribution in [0.2, 0.25) is 5.02 Å². The van der Waals surface area contributed by atoms with Gasteiger partial charge in [0.25, 0.3) is 0 Å². The molecule has 0 aliphatic heterocycles. The van der Waals surface area contributed by atoms with Crippen molar-refractivity contribution < 1.29 is 9.50 Å². The number of hydrogen-bond donors (Lipinski definition) is 1. The quantitative estimate of drug-likeness (QED) is 0.653. The molecular weight excluding hydrogens is 231 g/mol. The Kier molecular flexibility index (Phi) is 4.55. The van der Waals surface area contributed by atoms with Gasteiger partial charge in [0.2, 0.25) is 0 Å². The van der Waals surface area contributed by atoms with Crippen molar-refractivity contribution in [2.45, 2.75) is 13.6 Å². The van der Waals surface area contributed by atoms with Gasteiger partial charge in [0.15, 0.2) is 0 Å². The predicted octanol–water partition coefficient (Wildman–Crippen LogP) is 3.13. The highest BCUT2D eigenvalue weighted by atomic mass is 35.5. The minimum absolute atomic E-state index is 0.143. The van der Waals surface area contributed by atoms with Gasteiger partial charge in [0, 0.05) is 25.2 Å². The van der Waals surface area contributed by atoms with Crippen LogP contribution in [-0.4, -0.2) is 29.9 Å². The monoisotopic (exact) mass is 244 g/mol. The molecule has 1 aromatic rings. The number of benzene rings is 1. The van der Waals surface area contributed by atoms with Gasteiger partial charge < -0.3 is 10.0 Å². The molecule has 0 unspecified atom stereocenters. The van der Waals surface area contributed by atoms with E-state index >= 15 is 0 Å². The van der Waals surface area contributed by atoms with Crippen LogP contribution in [0.25, 0.3) is 0 Å². The van der Waals surface area contributed by atoms with Gasteiger partial charge >= 0.3 is 0 Å². The fraction of sp³-hybridized carbons (Fsp3) is 0.364. The maximum absolute atomic E-state index is 12.5. The lowest BCUT2D eigenvalue weighted by molar-refractivity contribution is 0.433. The number of aromatic hydroxyl groups is 1. The summed E-state index contributed by atoms with van der Waals surface area (Å²) in [4.78, 5) is 5.98. The van der Waals surface area contributed by atoms with Gasteiger partial charge in [0.1, 0.15) is 12.4 Å². The molecule has 0 saturated carbocycles. The summed E-state index contributed by atoms with van der Waals surface area (Å²) in [5, 5.41) is 9.65. The number of phenolic OH excluding ortho intramolecular Hbond substituents is 1. The maximum atomic E-state index is 12.5. The standard InChI is InChI=1S/C11H14ClFN2O/c1-3-15(2)7-14-10-4-8(6-13)11(16)5-9(10)12/h4-5,7,16H,3,6H2,1-2H3. The summed E-state index contributed by atoms with van der Waals surface area (Å²) in [6.07, 6.45) is 1.61. The summed E-state index contributed by atoms with van der Waals surface area (Å²) in [5.74, 6) is -0.143. The largest absolute Gasteiger partial charge is 0.508 e. The lowest BCUT2D eigenvalue weighted by atomic mass is 10.2. The van der Waals surface area contributed by atoms with E-state index in [1.165, 1.54) is 12.1 Å². The molecule has 0 spiro atoms. The van der Waals surface area contributed by atoms with Gasteiger partial charge in [-0.25, -0.2) is 9.38 Å². The van der Waals surface area contributed by atoms with Gasteiger partial charge in [-0.2, -0.15) is 0 Å². The second kappa shape index (κ2) is 5.70. The molecule has 0 aromatic heterocycles. The van der Waals surface area contributed by atoms with Crippen molar-refractivity contribution in [3.63, 3.8) is 0 Å². The van der Waals surface area contributed by atoms with Gasteiger partial charge in [-0.15, -0.1) is 0 Å². The van der Waals surface area contributed by atoms with Crippen molar-refractivity contribution in [2.24, 2.45) is 4.99 Å². The van der Waals surface area contributed by atoms with E-state index in [4.69, 9.17) is 11.6 Å². The molecule has 3 nitrogen and oxygen atoms in total. The van der Waals surface area contributed by atoms with Crippen molar-refractivity contribution >= 4 is 23.6 Å². The van der Waals surface area contributed by atoms with Gasteiger partial charge in [-0.3, -0.25) is 0 Å². The molecule has 1 aromatic carbocycles. The molecule has 1 N–H and O–H groups in total. The van der Waals surface area contributed by atoms with E-state index in [-0.39, 0.29) is 11.3 Å². The molecule has 0 radical (unpaired) electrons. The Morgan fingerprint density at radius 3 is 2.81 bits per heavy atom. The molecule has 0 aliphatic rings. The van der Waals surface area contributed by atoms with Gasteiger partial charge in [0.05, 0.1) is 17.0 Å². The molecule has 0 bridgehead atoms. The Bertz CT molecular complexity index is 396. The maximum Gasteiger partial charge on any atom is 0.123 e. The summed E-state index contributed by atoms with van der Waals surface area (Å²) < 4.78 is 12.5. The molecule has 16 heavy (non-hydrogen) atoms. The van der Waals surface area contributed by atoms with E-state index in [1.807, 2.05) is 18.9 Å². The molecular formula is C11H14ClFN2O. The molecule has 0 amide bonds. The second-order valence-corrected chi connectivity index (χ2v) is 3.79. The number of rotatable bonds is 4. The van der Waals surface area contributed by atoms with Crippen molar-refractivity contribution in [3.8, 4) is 5.75 Å². The van der Waals surface area contributed by atoms with Crippen LogP contribution in [0.3, 0.4) is 0 Å². The summed E-state index contributed by atoms with van der Waals surface area (Å²) in [5.41, 5.74) is 0.642. The zero-order valence-corrected chi connectivity index (χ0v) is 10.00. The minimum Gasteiger partial charge on any atom is -0.508 e. The van der Waals surface area contributed by atoms with Crippen molar-refractivity contribution in [3.05, 3.63) is 22.7 Å². The third-order valence-corrected chi connectivity index (χ3v) is 2.49. The van der Waals surface area contributed by atoms with E-state index in [0.717, 1.165) is 6.54 Å². The number of hydrogen-bond acceptors (Lipinski definition) is 2. The Labute approximate surface area is 99.2 Å². The van der Waals surface area contributed by atoms with Crippen molar-refractivity contribution in [1.29, 1.82) is 0 Å². The fourth-order valence-electron chi connectivity index (χ4n) is 1.04. The second-order valence-electron chi connectivity index (χ2n) is 3.38. The van der Waals surface area contributed by atoms with Crippen LogP contribution in [0.5, 0.6) is 5.75 Å². The first-order valence-electron chi connectivity index (χ1n) is 4.90. The van der Waals surface area contributed by atoms with Crippen molar-refractivity contribution in [1.82, 2.24) is 4.90 Å². The fourth-order valence-corrected chi connectivity index (χ4v) is 1.25. The zero-order valence-electron chi connectivity index (χ0n) is 9.24. The Hall–Kier alpha value is -1.29. The molecule has 0 saturated heterocycles. The summed E-state index contributed by atoms with van der Waals surface area (Å²) in [6.45, 7) is 2.06. The highest BCUT2D eigenvalue weighted by Crippen LogP contribution is 2.32. The minimum atomic E-state index is -0.741. The van der Waals surface area contributed by atoms with E-state index in [1.54, 1.807) is 6.34 Å². The third kappa shape index (κ3) is 3.10. The van der Waals surface area contributed by atoms with E-state index in [2.05, 4.69) is 4.99 Å². The van der Waals surface area contributed by atoms with E-state index < -0.39 is 6.67 Å². The molecule has 88 valence electrons. The molecule has 1 rings (SSSR count). The normalized spacial score (nSPS) is 11.0. The molecule has 0 atom stereocenters. The van der Waals surface area contributed by atoms with Gasteiger partial charge in [-0.05, 0) is 13.0 Å². The van der Waals surface area contributed by atoms with Crippen LogP contribution in [0.4, 0.5) is 10.1 Å². The first kappa shape index (κ1) is 12.8. The van der Waals surface area contributed by atoms with Crippen LogP contribution in [-0.2, 0) is 6.67 Å². The summed E-state index contributed by atoms with van der Waals surface area (Å²) in [7, 11) is 1.87. The molecule has 0 fully saturated rings. The zero-order chi connectivity index (χ0) is 12.1. The number of aliphatic imine (C=N–C) groups is 1. The first-order chi connectivity index (χ1) is 7.58. The lowest BCUT2D eigenvalue weighted by Crippen LogP contribution is -2.14. The Morgan fingerprint density at radius 1 is 1.56 bits per heavy atom. The number of nitrogens with zero attached hydrogens (tertiary/aromatic N) is 2. The van der Waals surface area contributed by atoms with E-state index in [9.17, 15) is 9.50 Å². The Balaban J connectivity index is 3.00. The van der Waals surface area contributed by atoms with Crippen LogP contribution >= 0.6 is 11.6 Å². The topological polar surface area (TPSA) is 35.8 Å². The summed E-state index contributed by atoms with van der Waals surface area (Å²) in [6, 6.07) is 2.74. The van der Waals surface area contributed by atoms with Crippen LogP contribution in [0.1, 0.15) is 12.5 Å². The smallest absolute Gasteiger partial charge is 0.123 e. The van der Waals surface area contributed by atoms with Crippen molar-refractivity contribution in [2.75, 3.05) is 13.6 Å². The van der Waals surface area contributed by atoms with E-state index in [0.29, 0.717) is 10.7 Å². The number of alkyl halides is 1. The summed E-state index contributed by atoms with van der Waals surface area (Å²) >= 11 is 5.87. The SMILES string of the molecule is CCN(C)C=Nc1cc(CF)c(O)cc1Cl. The number of phenols is 1. The van der Waals surface area contributed by atoms with Crippen LogP contribution in [0.15, 0.2) is 17.1 Å². The highest BCUT2D eigenvalue weighted by Gasteiger charge is 2.06. The van der Waals surface area contributed by atoms with Crippen LogP contribution < -0.4 is 0 Å². The predicted molar refractivity (Wildman–Crippen MR) is 64.4 cm³/mol. The van der Waals surface area contributed by atoms with Gasteiger partial charge in [-0.1, -0.05) is 11.6 Å². The first-order valence-corrected chi connectivity index (χ1v) is 5.28. The average Bonchev–Trinajstić information content (AvgIpc) is 2.27. The lowest BCUT2D eigenvalue weighted by Gasteiger charge is -2.09. The average molecular weight is 245 g/mol. The van der Waals surface area contributed by atoms with Crippen LogP contribution in [0, 0.1) is 0 Å².